The van der Waals surface area contributed by atoms with Crippen LogP contribution in [0.3, 0.4) is 0 Å². The van der Waals surface area contributed by atoms with Gasteiger partial charge in [0.1, 0.15) is 5.84 Å². The molecule has 1 aromatic rings. The van der Waals surface area contributed by atoms with Gasteiger partial charge in [-0.15, -0.1) is 0 Å². The van der Waals surface area contributed by atoms with Gasteiger partial charge in [0.05, 0.1) is 12.1 Å². The molecule has 0 aliphatic carbocycles. The lowest BCUT2D eigenvalue weighted by molar-refractivity contribution is -0.137. The van der Waals surface area contributed by atoms with E-state index in [1.807, 2.05) is 0 Å². The van der Waals surface area contributed by atoms with Gasteiger partial charge >= 0.3 is 12.2 Å². The second-order valence-electron chi connectivity index (χ2n) is 4.09. The molecule has 1 aliphatic heterocycles. The summed E-state index contributed by atoms with van der Waals surface area (Å²) in [4.78, 5) is 17.3. The van der Waals surface area contributed by atoms with Gasteiger partial charge < -0.3 is 5.32 Å². The summed E-state index contributed by atoms with van der Waals surface area (Å²) < 4.78 is 37.6. The van der Waals surface area contributed by atoms with Gasteiger partial charge in [0.2, 0.25) is 0 Å². The van der Waals surface area contributed by atoms with Crippen molar-refractivity contribution in [2.45, 2.75) is 13.1 Å². The Labute approximate surface area is 107 Å². The number of benzene rings is 1. The maximum absolute atomic E-state index is 12.5. The highest BCUT2D eigenvalue weighted by Gasteiger charge is 2.30. The van der Waals surface area contributed by atoms with Crippen LogP contribution >= 0.6 is 0 Å². The molecule has 0 fully saturated rings. The third kappa shape index (κ3) is 3.04. The summed E-state index contributed by atoms with van der Waals surface area (Å²) in [5.41, 5.74) is -0.684. The molecule has 0 atom stereocenters. The van der Waals surface area contributed by atoms with Crippen molar-refractivity contribution in [3.8, 4) is 0 Å². The number of amides is 2. The number of rotatable bonds is 1. The van der Waals surface area contributed by atoms with Crippen LogP contribution in [0.1, 0.15) is 12.5 Å². The van der Waals surface area contributed by atoms with E-state index in [1.165, 1.54) is 17.0 Å². The summed E-state index contributed by atoms with van der Waals surface area (Å²) >= 11 is 0. The molecule has 0 radical (unpaired) electrons. The number of hydrogen-bond acceptors (Lipinski definition) is 2. The second kappa shape index (κ2) is 4.91. The van der Waals surface area contributed by atoms with Gasteiger partial charge in [-0.2, -0.15) is 13.2 Å². The first-order chi connectivity index (χ1) is 8.88. The predicted octanol–water partition coefficient (Wildman–Crippen LogP) is 2.97. The molecule has 1 aliphatic rings. The average molecular weight is 271 g/mol. The minimum Gasteiger partial charge on any atom is -0.307 e. The Morgan fingerprint density at radius 2 is 2.16 bits per heavy atom. The quantitative estimate of drug-likeness (QED) is 0.838. The van der Waals surface area contributed by atoms with Crippen molar-refractivity contribution >= 4 is 17.6 Å². The summed E-state index contributed by atoms with van der Waals surface area (Å²) in [7, 11) is 0. The number of halogens is 3. The molecule has 0 saturated heterocycles. The van der Waals surface area contributed by atoms with E-state index in [9.17, 15) is 18.0 Å². The van der Waals surface area contributed by atoms with Crippen molar-refractivity contribution in [1.29, 1.82) is 0 Å². The fourth-order valence-electron chi connectivity index (χ4n) is 1.77. The Hall–Kier alpha value is -2.05. The van der Waals surface area contributed by atoms with Gasteiger partial charge in [-0.25, -0.2) is 4.79 Å². The maximum Gasteiger partial charge on any atom is 0.416 e. The van der Waals surface area contributed by atoms with Gasteiger partial charge in [0.15, 0.2) is 0 Å². The molecule has 7 heteroatoms. The smallest absolute Gasteiger partial charge is 0.307 e. The third-order valence-electron chi connectivity index (χ3n) is 2.74. The third-order valence-corrected chi connectivity index (χ3v) is 2.74. The summed E-state index contributed by atoms with van der Waals surface area (Å²) in [6.07, 6.45) is -4.42. The van der Waals surface area contributed by atoms with Gasteiger partial charge in [-0.1, -0.05) is 6.07 Å². The van der Waals surface area contributed by atoms with Crippen LogP contribution in [0.2, 0.25) is 0 Å². The highest BCUT2D eigenvalue weighted by molar-refractivity contribution is 6.03. The molecule has 102 valence electrons. The number of alkyl halides is 3. The zero-order valence-corrected chi connectivity index (χ0v) is 10.2. The van der Waals surface area contributed by atoms with Gasteiger partial charge in [0.25, 0.3) is 0 Å². The number of urea groups is 1. The summed E-state index contributed by atoms with van der Waals surface area (Å²) in [6, 6.07) is 4.05. The number of amidine groups is 1. The fraction of sp³-hybridized carbons (Fsp3) is 0.333. The monoisotopic (exact) mass is 271 g/mol. The molecule has 4 nitrogen and oxygen atoms in total. The van der Waals surface area contributed by atoms with Gasteiger partial charge in [-0.3, -0.25) is 9.89 Å². The molecular weight excluding hydrogens is 259 g/mol. The molecule has 0 aromatic heterocycles. The van der Waals surface area contributed by atoms with Crippen molar-refractivity contribution in [1.82, 2.24) is 4.90 Å². The van der Waals surface area contributed by atoms with E-state index in [2.05, 4.69) is 10.3 Å². The highest BCUT2D eigenvalue weighted by Crippen LogP contribution is 2.30. The number of nitrogens with one attached hydrogen (secondary N) is 1. The Morgan fingerprint density at radius 1 is 1.42 bits per heavy atom. The van der Waals surface area contributed by atoms with Crippen LogP contribution in [0.15, 0.2) is 29.3 Å². The van der Waals surface area contributed by atoms with Crippen LogP contribution in [0.5, 0.6) is 0 Å². The number of hydrogen-bond donors (Lipinski definition) is 1. The molecule has 0 bridgehead atoms. The molecule has 0 saturated carbocycles. The van der Waals surface area contributed by atoms with Gasteiger partial charge in [0, 0.05) is 12.2 Å². The van der Waals surface area contributed by atoms with E-state index in [0.29, 0.717) is 18.9 Å². The van der Waals surface area contributed by atoms with Crippen LogP contribution in [-0.4, -0.2) is 29.9 Å². The van der Waals surface area contributed by atoms with Crippen molar-refractivity contribution in [3.63, 3.8) is 0 Å². The summed E-state index contributed by atoms with van der Waals surface area (Å²) in [5.74, 6) is 0.560. The van der Waals surface area contributed by atoms with Crippen molar-refractivity contribution in [2.24, 2.45) is 4.99 Å². The lowest BCUT2D eigenvalue weighted by atomic mass is 10.2. The van der Waals surface area contributed by atoms with Crippen LogP contribution in [0.4, 0.5) is 23.7 Å². The Balaban J connectivity index is 2.11. The first-order valence-electron chi connectivity index (χ1n) is 5.65. The Kier molecular flexibility index (Phi) is 3.46. The molecule has 0 spiro atoms. The number of anilines is 1. The van der Waals surface area contributed by atoms with Crippen LogP contribution in [-0.2, 0) is 6.18 Å². The SMILES string of the molecule is CC1=NCCN1C(=O)Nc1cccc(C(F)(F)F)c1. The zero-order valence-electron chi connectivity index (χ0n) is 10.2. The highest BCUT2D eigenvalue weighted by atomic mass is 19.4. The molecular formula is C12H12F3N3O. The second-order valence-corrected chi connectivity index (χ2v) is 4.09. The summed E-state index contributed by atoms with van der Waals surface area (Å²) in [5, 5.41) is 2.43. The lowest BCUT2D eigenvalue weighted by Crippen LogP contribution is -2.36. The maximum atomic E-state index is 12.5. The number of aliphatic imine (C=N–C) groups is 1. The first kappa shape index (κ1) is 13.4. The average Bonchev–Trinajstić information content (AvgIpc) is 2.75. The van der Waals surface area contributed by atoms with E-state index in [4.69, 9.17) is 0 Å². The number of nitrogens with zero attached hydrogens (tertiary/aromatic N) is 2. The van der Waals surface area contributed by atoms with E-state index in [-0.39, 0.29) is 5.69 Å². The normalized spacial score (nSPS) is 15.4. The van der Waals surface area contributed by atoms with Gasteiger partial charge in [-0.05, 0) is 25.1 Å². The van der Waals surface area contributed by atoms with Crippen molar-refractivity contribution < 1.29 is 18.0 Å². The minimum atomic E-state index is -4.42. The predicted molar refractivity (Wildman–Crippen MR) is 65.1 cm³/mol. The Bertz CT molecular complexity index is 525. The van der Waals surface area contributed by atoms with Crippen molar-refractivity contribution in [2.75, 3.05) is 18.4 Å². The molecule has 0 unspecified atom stereocenters. The van der Waals surface area contributed by atoms with Crippen LogP contribution in [0.25, 0.3) is 0 Å². The van der Waals surface area contributed by atoms with E-state index >= 15 is 0 Å². The van der Waals surface area contributed by atoms with E-state index < -0.39 is 17.8 Å². The zero-order chi connectivity index (χ0) is 14.0. The molecule has 19 heavy (non-hydrogen) atoms. The Morgan fingerprint density at radius 3 is 2.74 bits per heavy atom. The van der Waals surface area contributed by atoms with Crippen LogP contribution in [0, 0.1) is 0 Å². The van der Waals surface area contributed by atoms with E-state index in [1.54, 1.807) is 6.92 Å². The number of carbonyl (C=O) groups excluding carboxylic acids is 1. The number of carbonyl (C=O) groups is 1. The molecule has 1 heterocycles. The molecule has 1 aromatic carbocycles. The first-order valence-corrected chi connectivity index (χ1v) is 5.65. The topological polar surface area (TPSA) is 44.7 Å². The minimum absolute atomic E-state index is 0.111. The molecule has 2 amide bonds. The van der Waals surface area contributed by atoms with E-state index in [0.717, 1.165) is 12.1 Å². The largest absolute Gasteiger partial charge is 0.416 e. The summed E-state index contributed by atoms with van der Waals surface area (Å²) in [6.45, 7) is 2.64. The fourth-order valence-corrected chi connectivity index (χ4v) is 1.77. The van der Waals surface area contributed by atoms with Crippen LogP contribution < -0.4 is 5.32 Å². The molecule has 2 rings (SSSR count). The molecule has 1 N–H and O–H groups in total. The van der Waals surface area contributed by atoms with Crippen molar-refractivity contribution in [3.05, 3.63) is 29.8 Å². The standard InChI is InChI=1S/C12H12F3N3O/c1-8-16-5-6-18(8)11(19)17-10-4-2-3-9(7-10)12(13,14)15/h2-4,7H,5-6H2,1H3,(H,17,19). The lowest BCUT2D eigenvalue weighted by Gasteiger charge is -2.17.